The van der Waals surface area contributed by atoms with Gasteiger partial charge in [0.05, 0.1) is 0 Å². The molecule has 3 atom stereocenters. The first kappa shape index (κ1) is 13.1. The van der Waals surface area contributed by atoms with Crippen molar-refractivity contribution in [2.45, 2.75) is 39.7 Å². The molecule has 0 bridgehead atoms. The molecule has 0 saturated carbocycles. The van der Waals surface area contributed by atoms with E-state index < -0.39 is 10.8 Å². The lowest BCUT2D eigenvalue weighted by Gasteiger charge is -2.11. The van der Waals surface area contributed by atoms with Gasteiger partial charge < -0.3 is 5.32 Å². The van der Waals surface area contributed by atoms with Crippen molar-refractivity contribution in [3.63, 3.8) is 0 Å². The van der Waals surface area contributed by atoms with Crippen LogP contribution < -0.4 is 5.32 Å². The third-order valence-corrected chi connectivity index (χ3v) is 4.07. The SMILES string of the molecule is CCC(C)CS(=O)CCC(C)NC. The van der Waals surface area contributed by atoms with Crippen LogP contribution in [0.3, 0.4) is 0 Å². The molecule has 0 saturated heterocycles. The molecule has 13 heavy (non-hydrogen) atoms. The molecule has 0 aromatic heterocycles. The molecule has 0 aromatic rings. The Labute approximate surface area is 84.9 Å². The molecule has 0 fully saturated rings. The van der Waals surface area contributed by atoms with Gasteiger partial charge >= 0.3 is 0 Å². The predicted octanol–water partition coefficient (Wildman–Crippen LogP) is 1.78. The Morgan fingerprint density at radius 3 is 2.46 bits per heavy atom. The standard InChI is InChI=1S/C10H23NOS/c1-5-9(2)8-13(12)7-6-10(3)11-4/h9-11H,5-8H2,1-4H3. The average molecular weight is 205 g/mol. The minimum absolute atomic E-state index is 0.487. The van der Waals surface area contributed by atoms with Gasteiger partial charge in [0.1, 0.15) is 0 Å². The van der Waals surface area contributed by atoms with E-state index in [0.29, 0.717) is 12.0 Å². The maximum Gasteiger partial charge on any atom is 0.0260 e. The van der Waals surface area contributed by atoms with Gasteiger partial charge in [0.15, 0.2) is 0 Å². The second-order valence-electron chi connectivity index (χ2n) is 3.80. The van der Waals surface area contributed by atoms with Crippen LogP contribution >= 0.6 is 0 Å². The summed E-state index contributed by atoms with van der Waals surface area (Å²) in [5.41, 5.74) is 0. The number of hydrogen-bond acceptors (Lipinski definition) is 2. The van der Waals surface area contributed by atoms with Gasteiger partial charge in [-0.1, -0.05) is 20.3 Å². The molecule has 1 N–H and O–H groups in total. The summed E-state index contributed by atoms with van der Waals surface area (Å²) in [6.07, 6.45) is 2.15. The van der Waals surface area contributed by atoms with Gasteiger partial charge in [-0.3, -0.25) is 4.21 Å². The molecule has 80 valence electrons. The Balaban J connectivity index is 3.51. The van der Waals surface area contributed by atoms with Crippen LogP contribution in [0.25, 0.3) is 0 Å². The van der Waals surface area contributed by atoms with Crippen molar-refractivity contribution in [1.29, 1.82) is 0 Å². The van der Waals surface area contributed by atoms with Crippen LogP contribution in [0.5, 0.6) is 0 Å². The smallest absolute Gasteiger partial charge is 0.0260 e. The van der Waals surface area contributed by atoms with Crippen LogP contribution in [-0.4, -0.2) is 28.8 Å². The van der Waals surface area contributed by atoms with Gasteiger partial charge in [0.25, 0.3) is 0 Å². The summed E-state index contributed by atoms with van der Waals surface area (Å²) >= 11 is 0. The zero-order valence-corrected chi connectivity index (χ0v) is 10.1. The van der Waals surface area contributed by atoms with E-state index in [4.69, 9.17) is 0 Å². The van der Waals surface area contributed by atoms with Crippen molar-refractivity contribution in [3.8, 4) is 0 Å². The maximum absolute atomic E-state index is 11.5. The topological polar surface area (TPSA) is 29.1 Å². The summed E-state index contributed by atoms with van der Waals surface area (Å²) in [5.74, 6) is 2.31. The lowest BCUT2D eigenvalue weighted by atomic mass is 10.2. The van der Waals surface area contributed by atoms with Gasteiger partial charge in [-0.05, 0) is 26.3 Å². The van der Waals surface area contributed by atoms with E-state index >= 15 is 0 Å². The van der Waals surface area contributed by atoms with Crippen molar-refractivity contribution in [1.82, 2.24) is 5.32 Å². The Morgan fingerprint density at radius 2 is 2.00 bits per heavy atom. The highest BCUT2D eigenvalue weighted by molar-refractivity contribution is 7.84. The van der Waals surface area contributed by atoms with Crippen molar-refractivity contribution in [2.75, 3.05) is 18.6 Å². The van der Waals surface area contributed by atoms with Crippen LogP contribution in [-0.2, 0) is 10.8 Å². The number of nitrogens with one attached hydrogen (secondary N) is 1. The van der Waals surface area contributed by atoms with E-state index in [0.717, 1.165) is 24.3 Å². The first-order valence-electron chi connectivity index (χ1n) is 5.12. The summed E-state index contributed by atoms with van der Waals surface area (Å²) in [6, 6.07) is 0.487. The lowest BCUT2D eigenvalue weighted by molar-refractivity contribution is 0.584. The van der Waals surface area contributed by atoms with Gasteiger partial charge in [-0.25, -0.2) is 0 Å². The van der Waals surface area contributed by atoms with Crippen LogP contribution in [0.15, 0.2) is 0 Å². The van der Waals surface area contributed by atoms with E-state index in [2.05, 4.69) is 26.1 Å². The third-order valence-electron chi connectivity index (χ3n) is 2.44. The Kier molecular flexibility index (Phi) is 7.57. The lowest BCUT2D eigenvalue weighted by Crippen LogP contribution is -2.24. The van der Waals surface area contributed by atoms with Gasteiger partial charge in [-0.2, -0.15) is 0 Å². The molecule has 3 heteroatoms. The van der Waals surface area contributed by atoms with Crippen LogP contribution in [0.2, 0.25) is 0 Å². The summed E-state index contributed by atoms with van der Waals surface area (Å²) < 4.78 is 11.5. The molecule has 0 radical (unpaired) electrons. The average Bonchev–Trinajstić information content (AvgIpc) is 2.13. The fourth-order valence-electron chi connectivity index (χ4n) is 0.971. The first-order valence-corrected chi connectivity index (χ1v) is 6.61. The Bertz CT molecular complexity index is 150. The molecule has 0 aliphatic heterocycles. The molecule has 0 aromatic carbocycles. The van der Waals surface area contributed by atoms with Crippen molar-refractivity contribution in [3.05, 3.63) is 0 Å². The van der Waals surface area contributed by atoms with E-state index in [1.54, 1.807) is 0 Å². The molecule has 0 spiro atoms. The molecule has 0 aliphatic carbocycles. The molecule has 2 nitrogen and oxygen atoms in total. The highest BCUT2D eigenvalue weighted by Crippen LogP contribution is 2.04. The maximum atomic E-state index is 11.5. The monoisotopic (exact) mass is 205 g/mol. The molecule has 3 unspecified atom stereocenters. The molecular weight excluding hydrogens is 182 g/mol. The first-order chi connectivity index (χ1) is 6.10. The molecule has 0 heterocycles. The van der Waals surface area contributed by atoms with Crippen LogP contribution in [0.1, 0.15) is 33.6 Å². The normalized spacial score (nSPS) is 18.2. The zero-order chi connectivity index (χ0) is 10.3. The summed E-state index contributed by atoms with van der Waals surface area (Å²) in [5, 5.41) is 3.15. The van der Waals surface area contributed by atoms with Gasteiger partial charge in [0.2, 0.25) is 0 Å². The van der Waals surface area contributed by atoms with Crippen molar-refractivity contribution in [2.24, 2.45) is 5.92 Å². The Hall–Kier alpha value is 0.110. The zero-order valence-electron chi connectivity index (χ0n) is 9.30. The van der Waals surface area contributed by atoms with Gasteiger partial charge in [0, 0.05) is 28.3 Å². The van der Waals surface area contributed by atoms with Crippen LogP contribution in [0, 0.1) is 5.92 Å². The van der Waals surface area contributed by atoms with Crippen molar-refractivity contribution < 1.29 is 4.21 Å². The number of rotatable bonds is 7. The fraction of sp³-hybridized carbons (Fsp3) is 1.00. The minimum Gasteiger partial charge on any atom is -0.317 e. The third kappa shape index (κ3) is 7.20. The molecule has 0 rings (SSSR count). The summed E-state index contributed by atoms with van der Waals surface area (Å²) in [4.78, 5) is 0. The van der Waals surface area contributed by atoms with Gasteiger partial charge in [-0.15, -0.1) is 0 Å². The van der Waals surface area contributed by atoms with Crippen molar-refractivity contribution >= 4 is 10.8 Å². The van der Waals surface area contributed by atoms with E-state index in [1.807, 2.05) is 7.05 Å². The quantitative estimate of drug-likeness (QED) is 0.686. The fourth-order valence-corrected chi connectivity index (χ4v) is 2.62. The predicted molar refractivity (Wildman–Crippen MR) is 60.5 cm³/mol. The molecule has 0 aliphatic rings. The molecular formula is C10H23NOS. The second-order valence-corrected chi connectivity index (χ2v) is 5.42. The molecule has 0 amide bonds. The van der Waals surface area contributed by atoms with E-state index in [1.165, 1.54) is 0 Å². The highest BCUT2D eigenvalue weighted by Gasteiger charge is 2.07. The van der Waals surface area contributed by atoms with Crippen LogP contribution in [0.4, 0.5) is 0 Å². The Morgan fingerprint density at radius 1 is 1.38 bits per heavy atom. The largest absolute Gasteiger partial charge is 0.317 e. The van der Waals surface area contributed by atoms with E-state index in [-0.39, 0.29) is 0 Å². The van der Waals surface area contributed by atoms with E-state index in [9.17, 15) is 4.21 Å². The summed E-state index contributed by atoms with van der Waals surface area (Å²) in [7, 11) is 1.33. The second kappa shape index (κ2) is 7.51. The number of hydrogen-bond donors (Lipinski definition) is 1. The highest BCUT2D eigenvalue weighted by atomic mass is 32.2. The minimum atomic E-state index is -0.612. The summed E-state index contributed by atoms with van der Waals surface area (Å²) in [6.45, 7) is 6.44.